The SMILES string of the molecule is CCC(C)C(NC(=O)C(NC(=O)C(N)CC(N)=O)C(C)C)C(=O)NC(CCC(=O)O)C(=O)O. The first kappa shape index (κ1) is 29.8. The van der Waals surface area contributed by atoms with Gasteiger partial charge in [0.1, 0.15) is 18.1 Å². The smallest absolute Gasteiger partial charge is 0.326 e. The minimum atomic E-state index is -1.45. The van der Waals surface area contributed by atoms with Gasteiger partial charge in [0.15, 0.2) is 0 Å². The molecule has 0 heterocycles. The Morgan fingerprint density at radius 3 is 1.79 bits per heavy atom. The number of carbonyl (C=O) groups excluding carboxylic acids is 4. The maximum atomic E-state index is 12.9. The summed E-state index contributed by atoms with van der Waals surface area (Å²) in [5.74, 6) is -6.51. The maximum Gasteiger partial charge on any atom is 0.326 e. The van der Waals surface area contributed by atoms with Crippen molar-refractivity contribution in [2.24, 2.45) is 23.3 Å². The van der Waals surface area contributed by atoms with Gasteiger partial charge >= 0.3 is 11.9 Å². The Morgan fingerprint density at radius 2 is 1.36 bits per heavy atom. The summed E-state index contributed by atoms with van der Waals surface area (Å²) in [6, 6.07) is -4.95. The lowest BCUT2D eigenvalue weighted by Gasteiger charge is -2.29. The van der Waals surface area contributed by atoms with Crippen LogP contribution in [0.3, 0.4) is 0 Å². The van der Waals surface area contributed by atoms with Crippen LogP contribution in [0.2, 0.25) is 0 Å². The predicted molar refractivity (Wildman–Crippen MR) is 116 cm³/mol. The Bertz CT molecular complexity index is 742. The number of rotatable bonds is 15. The molecule has 0 spiro atoms. The first-order valence-electron chi connectivity index (χ1n) is 10.6. The average Bonchev–Trinajstić information content (AvgIpc) is 2.70. The molecule has 0 aromatic heterocycles. The fourth-order valence-corrected chi connectivity index (χ4v) is 2.84. The molecule has 0 aliphatic heterocycles. The zero-order chi connectivity index (χ0) is 25.9. The van der Waals surface area contributed by atoms with Gasteiger partial charge in [-0.05, 0) is 18.3 Å². The molecule has 5 atom stereocenters. The van der Waals surface area contributed by atoms with E-state index >= 15 is 0 Å². The lowest BCUT2D eigenvalue weighted by Crippen LogP contribution is -2.60. The summed E-state index contributed by atoms with van der Waals surface area (Å²) in [7, 11) is 0. The van der Waals surface area contributed by atoms with Crippen molar-refractivity contribution in [1.29, 1.82) is 0 Å². The van der Waals surface area contributed by atoms with Crippen molar-refractivity contribution in [1.82, 2.24) is 16.0 Å². The van der Waals surface area contributed by atoms with E-state index in [1.807, 2.05) is 0 Å². The molecule has 0 radical (unpaired) electrons. The van der Waals surface area contributed by atoms with Crippen LogP contribution in [0.15, 0.2) is 0 Å². The Kier molecular flexibility index (Phi) is 12.7. The second-order valence-corrected chi connectivity index (χ2v) is 8.21. The van der Waals surface area contributed by atoms with Crippen LogP contribution in [0.5, 0.6) is 0 Å². The zero-order valence-electron chi connectivity index (χ0n) is 19.3. The van der Waals surface area contributed by atoms with Gasteiger partial charge in [0.05, 0.1) is 12.5 Å². The molecule has 0 aromatic rings. The number of amides is 4. The molecule has 0 aliphatic carbocycles. The summed E-state index contributed by atoms with van der Waals surface area (Å²) in [5, 5.41) is 25.3. The third-order valence-corrected chi connectivity index (χ3v) is 5.06. The molecule has 0 aromatic carbocycles. The van der Waals surface area contributed by atoms with Crippen LogP contribution in [0.25, 0.3) is 0 Å². The summed E-state index contributed by atoms with van der Waals surface area (Å²) in [6.45, 7) is 6.73. The highest BCUT2D eigenvalue weighted by Crippen LogP contribution is 2.11. The van der Waals surface area contributed by atoms with Gasteiger partial charge in [-0.2, -0.15) is 0 Å². The van der Waals surface area contributed by atoms with Crippen LogP contribution in [0.4, 0.5) is 0 Å². The lowest BCUT2D eigenvalue weighted by molar-refractivity contribution is -0.143. The Morgan fingerprint density at radius 1 is 0.848 bits per heavy atom. The van der Waals surface area contributed by atoms with Crippen molar-refractivity contribution in [3.8, 4) is 0 Å². The minimum absolute atomic E-state index is 0.333. The van der Waals surface area contributed by atoms with Crippen molar-refractivity contribution >= 4 is 35.6 Å². The van der Waals surface area contributed by atoms with Gasteiger partial charge in [0, 0.05) is 6.42 Å². The van der Waals surface area contributed by atoms with E-state index in [9.17, 15) is 33.9 Å². The van der Waals surface area contributed by atoms with E-state index < -0.39 is 84.4 Å². The summed E-state index contributed by atoms with van der Waals surface area (Å²) in [5.41, 5.74) is 10.6. The second kappa shape index (κ2) is 14.0. The van der Waals surface area contributed by atoms with Crippen LogP contribution < -0.4 is 27.4 Å². The topological polar surface area (TPSA) is 231 Å². The van der Waals surface area contributed by atoms with E-state index in [4.69, 9.17) is 16.6 Å². The van der Waals surface area contributed by atoms with Crippen molar-refractivity contribution in [2.45, 2.75) is 77.5 Å². The van der Waals surface area contributed by atoms with E-state index in [-0.39, 0.29) is 6.42 Å². The molecule has 13 nitrogen and oxygen atoms in total. The first-order chi connectivity index (χ1) is 15.2. The number of carboxylic acid groups (broad SMARTS) is 2. The Hall–Kier alpha value is -3.22. The first-order valence-corrected chi connectivity index (χ1v) is 10.6. The number of aliphatic carboxylic acids is 2. The molecule has 0 saturated heterocycles. The highest BCUT2D eigenvalue weighted by molar-refractivity contribution is 5.95. The number of carbonyl (C=O) groups is 6. The maximum absolute atomic E-state index is 12.9. The van der Waals surface area contributed by atoms with E-state index in [2.05, 4.69) is 16.0 Å². The van der Waals surface area contributed by atoms with Crippen LogP contribution in [-0.2, 0) is 28.8 Å². The molecule has 0 rings (SSSR count). The number of primary amides is 1. The largest absolute Gasteiger partial charge is 0.481 e. The molecule has 13 heteroatoms. The Balaban J connectivity index is 5.50. The Labute approximate surface area is 192 Å². The highest BCUT2D eigenvalue weighted by Gasteiger charge is 2.34. The van der Waals surface area contributed by atoms with Gasteiger partial charge in [-0.3, -0.25) is 24.0 Å². The summed E-state index contributed by atoms with van der Waals surface area (Å²) in [6.07, 6.45) is -0.763. The summed E-state index contributed by atoms with van der Waals surface area (Å²) in [4.78, 5) is 71.1. The van der Waals surface area contributed by atoms with Gasteiger partial charge in [-0.15, -0.1) is 0 Å². The molecule has 9 N–H and O–H groups in total. The number of nitrogens with one attached hydrogen (secondary N) is 3. The highest BCUT2D eigenvalue weighted by atomic mass is 16.4. The average molecular weight is 474 g/mol. The van der Waals surface area contributed by atoms with Gasteiger partial charge in [0.25, 0.3) is 0 Å². The van der Waals surface area contributed by atoms with Crippen LogP contribution in [0.1, 0.15) is 53.4 Å². The number of nitrogens with two attached hydrogens (primary N) is 2. The molecule has 0 fully saturated rings. The zero-order valence-corrected chi connectivity index (χ0v) is 19.3. The molecular formula is C20H35N5O8. The molecule has 0 bridgehead atoms. The van der Waals surface area contributed by atoms with Crippen molar-refractivity contribution < 1.29 is 39.0 Å². The molecule has 0 aliphatic rings. The lowest BCUT2D eigenvalue weighted by atomic mass is 9.96. The summed E-state index contributed by atoms with van der Waals surface area (Å²) < 4.78 is 0. The minimum Gasteiger partial charge on any atom is -0.481 e. The van der Waals surface area contributed by atoms with Crippen molar-refractivity contribution in [3.05, 3.63) is 0 Å². The third kappa shape index (κ3) is 10.8. The standard InChI is InChI=1S/C20H35N5O8/c1-5-10(4)16(19(31)23-12(20(32)33)6-7-14(27)28)25-18(30)15(9(2)3)24-17(29)11(21)8-13(22)26/h9-12,15-16H,5-8,21H2,1-4H3,(H2,22,26)(H,23,31)(H,24,29)(H,25,30)(H,27,28)(H,32,33). The third-order valence-electron chi connectivity index (χ3n) is 5.06. The van der Waals surface area contributed by atoms with Gasteiger partial charge in [0.2, 0.25) is 23.6 Å². The fraction of sp³-hybridized carbons (Fsp3) is 0.700. The van der Waals surface area contributed by atoms with E-state index in [0.29, 0.717) is 6.42 Å². The molecule has 0 saturated carbocycles. The summed E-state index contributed by atoms with van der Waals surface area (Å²) >= 11 is 0. The fourth-order valence-electron chi connectivity index (χ4n) is 2.84. The molecule has 5 unspecified atom stereocenters. The van der Waals surface area contributed by atoms with Crippen LogP contribution >= 0.6 is 0 Å². The number of hydrogen-bond acceptors (Lipinski definition) is 7. The predicted octanol–water partition coefficient (Wildman–Crippen LogP) is -1.70. The van der Waals surface area contributed by atoms with Crippen LogP contribution in [-0.4, -0.2) is 69.9 Å². The van der Waals surface area contributed by atoms with Gasteiger partial charge in [-0.1, -0.05) is 34.1 Å². The molecule has 33 heavy (non-hydrogen) atoms. The molecular weight excluding hydrogens is 438 g/mol. The van der Waals surface area contributed by atoms with Crippen molar-refractivity contribution in [3.63, 3.8) is 0 Å². The van der Waals surface area contributed by atoms with Gasteiger partial charge < -0.3 is 37.6 Å². The normalized spacial score (nSPS) is 15.5. The molecule has 188 valence electrons. The van der Waals surface area contributed by atoms with Crippen LogP contribution in [0, 0.1) is 11.8 Å². The van der Waals surface area contributed by atoms with Gasteiger partial charge in [-0.25, -0.2) is 4.79 Å². The van der Waals surface area contributed by atoms with E-state index in [0.717, 1.165) is 0 Å². The second-order valence-electron chi connectivity index (χ2n) is 8.21. The van der Waals surface area contributed by atoms with E-state index in [1.165, 1.54) is 0 Å². The van der Waals surface area contributed by atoms with Crippen molar-refractivity contribution in [2.75, 3.05) is 0 Å². The van der Waals surface area contributed by atoms with E-state index in [1.54, 1.807) is 27.7 Å². The quantitative estimate of drug-likeness (QED) is 0.143. The number of carboxylic acids is 2. The monoisotopic (exact) mass is 473 g/mol. The number of hydrogen-bond donors (Lipinski definition) is 7. The molecule has 4 amide bonds.